The van der Waals surface area contributed by atoms with Crippen LogP contribution in [0.15, 0.2) is 12.1 Å². The van der Waals surface area contributed by atoms with E-state index in [1.807, 2.05) is 12.1 Å². The molecule has 1 aliphatic rings. The van der Waals surface area contributed by atoms with Crippen LogP contribution >= 0.6 is 0 Å². The van der Waals surface area contributed by atoms with Gasteiger partial charge in [0.25, 0.3) is 0 Å². The number of nitrogens with one attached hydrogen (secondary N) is 2. The zero-order chi connectivity index (χ0) is 9.97. The molecule has 0 saturated heterocycles. The Labute approximate surface area is 83.3 Å². The predicted molar refractivity (Wildman–Crippen MR) is 54.4 cm³/mol. The first-order chi connectivity index (χ1) is 6.83. The van der Waals surface area contributed by atoms with Crippen molar-refractivity contribution in [1.82, 2.24) is 15.2 Å². The van der Waals surface area contributed by atoms with E-state index >= 15 is 0 Å². The second-order valence-electron chi connectivity index (χ2n) is 3.49. The number of aromatic nitrogens is 1. The highest BCUT2D eigenvalue weighted by Crippen LogP contribution is 2.12. The lowest BCUT2D eigenvalue weighted by Crippen LogP contribution is -2.30. The van der Waals surface area contributed by atoms with E-state index in [4.69, 9.17) is 0 Å². The first-order valence-electron chi connectivity index (χ1n) is 4.90. The molecule has 0 spiro atoms. The summed E-state index contributed by atoms with van der Waals surface area (Å²) in [6, 6.07) is 3.94. The SMILES string of the molecule is CNCC(=O)c1ccc2n1CCNC2. The lowest BCUT2D eigenvalue weighted by atomic mass is 10.3. The van der Waals surface area contributed by atoms with Gasteiger partial charge in [0.15, 0.2) is 5.78 Å². The van der Waals surface area contributed by atoms with Crippen LogP contribution in [-0.2, 0) is 13.1 Å². The van der Waals surface area contributed by atoms with Crippen molar-refractivity contribution in [2.75, 3.05) is 20.1 Å². The van der Waals surface area contributed by atoms with Gasteiger partial charge in [0.2, 0.25) is 0 Å². The van der Waals surface area contributed by atoms with Gasteiger partial charge in [0.1, 0.15) is 0 Å². The zero-order valence-corrected chi connectivity index (χ0v) is 8.34. The Morgan fingerprint density at radius 1 is 1.64 bits per heavy atom. The van der Waals surface area contributed by atoms with E-state index in [0.717, 1.165) is 25.3 Å². The van der Waals surface area contributed by atoms with Gasteiger partial charge in [0, 0.05) is 25.3 Å². The van der Waals surface area contributed by atoms with E-state index < -0.39 is 0 Å². The molecule has 0 atom stereocenters. The van der Waals surface area contributed by atoms with E-state index in [2.05, 4.69) is 15.2 Å². The van der Waals surface area contributed by atoms with Gasteiger partial charge < -0.3 is 15.2 Å². The molecule has 14 heavy (non-hydrogen) atoms. The zero-order valence-electron chi connectivity index (χ0n) is 8.34. The van der Waals surface area contributed by atoms with Crippen LogP contribution < -0.4 is 10.6 Å². The summed E-state index contributed by atoms with van der Waals surface area (Å²) in [5.74, 6) is 0.167. The van der Waals surface area contributed by atoms with Gasteiger partial charge in [-0.3, -0.25) is 4.79 Å². The second-order valence-corrected chi connectivity index (χ2v) is 3.49. The van der Waals surface area contributed by atoms with Crippen LogP contribution in [0.25, 0.3) is 0 Å². The van der Waals surface area contributed by atoms with Crippen LogP contribution in [0.5, 0.6) is 0 Å². The summed E-state index contributed by atoms with van der Waals surface area (Å²) in [7, 11) is 1.79. The first-order valence-corrected chi connectivity index (χ1v) is 4.90. The predicted octanol–water partition coefficient (Wildman–Crippen LogP) is -0.00660. The summed E-state index contributed by atoms with van der Waals surface area (Å²) in [6.45, 7) is 3.12. The van der Waals surface area contributed by atoms with Crippen molar-refractivity contribution >= 4 is 5.78 Å². The van der Waals surface area contributed by atoms with Crippen LogP contribution in [0.2, 0.25) is 0 Å². The highest BCUT2D eigenvalue weighted by Gasteiger charge is 2.16. The summed E-state index contributed by atoms with van der Waals surface area (Å²) in [4.78, 5) is 11.7. The summed E-state index contributed by atoms with van der Waals surface area (Å²) in [5, 5.41) is 6.16. The molecule has 1 aliphatic heterocycles. The first kappa shape index (κ1) is 9.43. The fourth-order valence-electron chi connectivity index (χ4n) is 1.83. The molecule has 0 unspecified atom stereocenters. The molecule has 0 radical (unpaired) electrons. The summed E-state index contributed by atoms with van der Waals surface area (Å²) >= 11 is 0. The number of ketones is 1. The van der Waals surface area contributed by atoms with Gasteiger partial charge in [-0.25, -0.2) is 0 Å². The Bertz CT molecular complexity index is 343. The van der Waals surface area contributed by atoms with Gasteiger partial charge in [-0.1, -0.05) is 0 Å². The fourth-order valence-corrected chi connectivity index (χ4v) is 1.83. The maximum absolute atomic E-state index is 11.7. The van der Waals surface area contributed by atoms with Gasteiger partial charge in [-0.05, 0) is 19.2 Å². The molecule has 2 heterocycles. The Morgan fingerprint density at radius 2 is 2.50 bits per heavy atom. The molecular weight excluding hydrogens is 178 g/mol. The smallest absolute Gasteiger partial charge is 0.192 e. The molecule has 76 valence electrons. The third-order valence-electron chi connectivity index (χ3n) is 2.51. The molecule has 1 aromatic rings. The normalized spacial score (nSPS) is 15.2. The molecule has 2 N–H and O–H groups in total. The molecule has 0 bridgehead atoms. The molecular formula is C10H15N3O. The van der Waals surface area contributed by atoms with Crippen molar-refractivity contribution < 1.29 is 4.79 Å². The van der Waals surface area contributed by atoms with Crippen molar-refractivity contribution in [1.29, 1.82) is 0 Å². The molecule has 0 saturated carbocycles. The average molecular weight is 193 g/mol. The van der Waals surface area contributed by atoms with Crippen LogP contribution in [0.4, 0.5) is 0 Å². The van der Waals surface area contributed by atoms with Crippen molar-refractivity contribution in [2.45, 2.75) is 13.1 Å². The minimum atomic E-state index is 0.167. The Hall–Kier alpha value is -1.13. The molecule has 4 heteroatoms. The van der Waals surface area contributed by atoms with Crippen LogP contribution in [0.3, 0.4) is 0 Å². The highest BCUT2D eigenvalue weighted by molar-refractivity contribution is 5.96. The summed E-state index contributed by atoms with van der Waals surface area (Å²) in [5.41, 5.74) is 2.03. The Kier molecular flexibility index (Phi) is 2.65. The summed E-state index contributed by atoms with van der Waals surface area (Å²) < 4.78 is 2.11. The maximum Gasteiger partial charge on any atom is 0.192 e. The van der Waals surface area contributed by atoms with Gasteiger partial charge >= 0.3 is 0 Å². The fraction of sp³-hybridized carbons (Fsp3) is 0.500. The number of Topliss-reactive ketones (excluding diaryl/α,β-unsaturated/α-hetero) is 1. The molecule has 0 fully saturated rings. The van der Waals surface area contributed by atoms with E-state index in [1.165, 1.54) is 5.69 Å². The molecule has 0 amide bonds. The standard InChI is InChI=1S/C10H15N3O/c1-11-7-10(14)9-3-2-8-6-12-4-5-13(8)9/h2-3,11-12H,4-7H2,1H3. The number of fused-ring (bicyclic) bond motifs is 1. The average Bonchev–Trinajstić information content (AvgIpc) is 2.61. The minimum absolute atomic E-state index is 0.167. The number of nitrogens with zero attached hydrogens (tertiary/aromatic N) is 1. The number of likely N-dealkylation sites (N-methyl/N-ethyl adjacent to an activating group) is 1. The largest absolute Gasteiger partial charge is 0.340 e. The maximum atomic E-state index is 11.7. The van der Waals surface area contributed by atoms with E-state index in [-0.39, 0.29) is 5.78 Å². The van der Waals surface area contributed by atoms with Crippen molar-refractivity contribution in [3.05, 3.63) is 23.5 Å². The molecule has 0 aromatic carbocycles. The topological polar surface area (TPSA) is 46.1 Å². The van der Waals surface area contributed by atoms with Crippen molar-refractivity contribution in [3.63, 3.8) is 0 Å². The number of hydrogen-bond donors (Lipinski definition) is 2. The lowest BCUT2D eigenvalue weighted by Gasteiger charge is -2.18. The number of hydrogen-bond acceptors (Lipinski definition) is 3. The quantitative estimate of drug-likeness (QED) is 0.664. The number of carbonyl (C=O) groups excluding carboxylic acids is 1. The lowest BCUT2D eigenvalue weighted by molar-refractivity contribution is 0.0983. The van der Waals surface area contributed by atoms with Crippen molar-refractivity contribution in [3.8, 4) is 0 Å². The number of carbonyl (C=O) groups is 1. The minimum Gasteiger partial charge on any atom is -0.340 e. The van der Waals surface area contributed by atoms with Crippen LogP contribution in [-0.4, -0.2) is 30.5 Å². The van der Waals surface area contributed by atoms with Gasteiger partial charge in [0.05, 0.1) is 12.2 Å². The molecule has 2 rings (SSSR count). The number of rotatable bonds is 3. The van der Waals surface area contributed by atoms with E-state index in [9.17, 15) is 4.79 Å². The van der Waals surface area contributed by atoms with Gasteiger partial charge in [-0.15, -0.1) is 0 Å². The molecule has 4 nitrogen and oxygen atoms in total. The van der Waals surface area contributed by atoms with E-state index in [0.29, 0.717) is 6.54 Å². The van der Waals surface area contributed by atoms with Gasteiger partial charge in [-0.2, -0.15) is 0 Å². The monoisotopic (exact) mass is 193 g/mol. The third kappa shape index (κ3) is 1.58. The van der Waals surface area contributed by atoms with Crippen molar-refractivity contribution in [2.24, 2.45) is 0 Å². The summed E-state index contributed by atoms with van der Waals surface area (Å²) in [6.07, 6.45) is 0. The third-order valence-corrected chi connectivity index (χ3v) is 2.51. The Balaban J connectivity index is 2.25. The molecule has 0 aliphatic carbocycles. The molecule has 1 aromatic heterocycles. The van der Waals surface area contributed by atoms with E-state index in [1.54, 1.807) is 7.05 Å². The highest BCUT2D eigenvalue weighted by atomic mass is 16.1. The van der Waals surface area contributed by atoms with Crippen LogP contribution in [0.1, 0.15) is 16.2 Å². The second kappa shape index (κ2) is 3.94. The van der Waals surface area contributed by atoms with Crippen LogP contribution in [0, 0.1) is 0 Å². The Morgan fingerprint density at radius 3 is 3.29 bits per heavy atom.